The van der Waals surface area contributed by atoms with Crippen molar-refractivity contribution in [1.82, 2.24) is 5.32 Å². The number of furan rings is 1. The zero-order valence-electron chi connectivity index (χ0n) is 13.7. The van der Waals surface area contributed by atoms with Crippen molar-refractivity contribution in [3.63, 3.8) is 0 Å². The molecule has 1 N–H and O–H groups in total. The van der Waals surface area contributed by atoms with E-state index in [9.17, 15) is 4.79 Å². The molecule has 1 aromatic carbocycles. The molecular weight excluding hydrogens is 306 g/mol. The summed E-state index contributed by atoms with van der Waals surface area (Å²) in [5.74, 6) is 1.41. The van der Waals surface area contributed by atoms with Crippen LogP contribution in [0, 0.1) is 5.92 Å². The minimum atomic E-state index is -0.0740. The van der Waals surface area contributed by atoms with Crippen molar-refractivity contribution in [2.24, 2.45) is 5.92 Å². The first-order valence-corrected chi connectivity index (χ1v) is 8.32. The molecular formula is C19H23NO4. The molecule has 0 unspecified atom stereocenters. The van der Waals surface area contributed by atoms with Gasteiger partial charge in [-0.05, 0) is 42.0 Å². The van der Waals surface area contributed by atoms with Gasteiger partial charge in [-0.1, -0.05) is 24.3 Å². The number of hydrogen-bond donors (Lipinski definition) is 1. The molecule has 1 aliphatic carbocycles. The Bertz CT molecular complexity index is 635. The number of carbonyl (C=O) groups is 1. The molecule has 1 fully saturated rings. The SMILES string of the molecule is O=C(COCC1CC1)NCc1cccc(COCc2ccco2)c1. The molecule has 24 heavy (non-hydrogen) atoms. The second kappa shape index (κ2) is 8.66. The molecule has 0 atom stereocenters. The largest absolute Gasteiger partial charge is 0.467 e. The van der Waals surface area contributed by atoms with Crippen molar-refractivity contribution < 1.29 is 18.7 Å². The van der Waals surface area contributed by atoms with Crippen LogP contribution < -0.4 is 5.32 Å². The van der Waals surface area contributed by atoms with Crippen molar-refractivity contribution in [3.05, 3.63) is 59.5 Å². The Morgan fingerprint density at radius 3 is 2.79 bits per heavy atom. The van der Waals surface area contributed by atoms with Gasteiger partial charge in [-0.15, -0.1) is 0 Å². The van der Waals surface area contributed by atoms with E-state index in [0.717, 1.165) is 16.9 Å². The van der Waals surface area contributed by atoms with Crippen molar-refractivity contribution in [2.45, 2.75) is 32.6 Å². The fraction of sp³-hybridized carbons (Fsp3) is 0.421. The number of hydrogen-bond acceptors (Lipinski definition) is 4. The van der Waals surface area contributed by atoms with E-state index in [1.807, 2.05) is 36.4 Å². The average molecular weight is 329 g/mol. The van der Waals surface area contributed by atoms with Gasteiger partial charge in [0.05, 0.1) is 19.5 Å². The van der Waals surface area contributed by atoms with Crippen LogP contribution in [0.15, 0.2) is 47.1 Å². The van der Waals surface area contributed by atoms with Gasteiger partial charge in [0.15, 0.2) is 0 Å². The third-order valence-electron chi connectivity index (χ3n) is 3.86. The predicted octanol–water partition coefficient (Wildman–Crippen LogP) is 3.04. The first kappa shape index (κ1) is 16.7. The molecule has 0 bridgehead atoms. The van der Waals surface area contributed by atoms with E-state index in [1.165, 1.54) is 12.8 Å². The maximum atomic E-state index is 11.7. The highest BCUT2D eigenvalue weighted by Crippen LogP contribution is 2.28. The van der Waals surface area contributed by atoms with Crippen LogP contribution in [0.5, 0.6) is 0 Å². The van der Waals surface area contributed by atoms with Crippen LogP contribution in [-0.4, -0.2) is 19.1 Å². The third kappa shape index (κ3) is 5.83. The van der Waals surface area contributed by atoms with Gasteiger partial charge in [-0.3, -0.25) is 4.79 Å². The maximum absolute atomic E-state index is 11.7. The normalized spacial score (nSPS) is 13.8. The van der Waals surface area contributed by atoms with Crippen LogP contribution >= 0.6 is 0 Å². The molecule has 1 aliphatic rings. The summed E-state index contributed by atoms with van der Waals surface area (Å²) in [4.78, 5) is 11.7. The summed E-state index contributed by atoms with van der Waals surface area (Å²) in [6.07, 6.45) is 4.10. The van der Waals surface area contributed by atoms with Crippen molar-refractivity contribution in [2.75, 3.05) is 13.2 Å². The van der Waals surface area contributed by atoms with Crippen molar-refractivity contribution in [1.29, 1.82) is 0 Å². The topological polar surface area (TPSA) is 60.7 Å². The van der Waals surface area contributed by atoms with Gasteiger partial charge in [0.25, 0.3) is 0 Å². The summed E-state index contributed by atoms with van der Waals surface area (Å²) in [5, 5.41) is 2.88. The lowest BCUT2D eigenvalue weighted by molar-refractivity contribution is -0.126. The number of benzene rings is 1. The second-order valence-corrected chi connectivity index (χ2v) is 6.13. The molecule has 0 radical (unpaired) electrons. The standard InChI is InChI=1S/C19H23NO4/c21-19(14-23-11-15-6-7-15)20-10-16-3-1-4-17(9-16)12-22-13-18-5-2-8-24-18/h1-5,8-9,15H,6-7,10-14H2,(H,20,21). The summed E-state index contributed by atoms with van der Waals surface area (Å²) in [6, 6.07) is 11.7. The number of nitrogens with one attached hydrogen (secondary N) is 1. The fourth-order valence-corrected chi connectivity index (χ4v) is 2.35. The molecule has 3 rings (SSSR count). The van der Waals surface area contributed by atoms with E-state index < -0.39 is 0 Å². The Kier molecular flexibility index (Phi) is 6.04. The van der Waals surface area contributed by atoms with Gasteiger partial charge in [0, 0.05) is 6.54 Å². The van der Waals surface area contributed by atoms with Gasteiger partial charge in [-0.25, -0.2) is 0 Å². The van der Waals surface area contributed by atoms with E-state index >= 15 is 0 Å². The zero-order chi connectivity index (χ0) is 16.6. The van der Waals surface area contributed by atoms with E-state index in [-0.39, 0.29) is 12.5 Å². The van der Waals surface area contributed by atoms with Crippen LogP contribution in [0.4, 0.5) is 0 Å². The van der Waals surface area contributed by atoms with Gasteiger partial charge in [0.1, 0.15) is 19.0 Å². The molecule has 1 amide bonds. The Hall–Kier alpha value is -2.11. The number of amides is 1. The minimum Gasteiger partial charge on any atom is -0.467 e. The van der Waals surface area contributed by atoms with Crippen LogP contribution in [0.2, 0.25) is 0 Å². The molecule has 1 aromatic heterocycles. The summed E-state index contributed by atoms with van der Waals surface area (Å²) < 4.78 is 16.2. The zero-order valence-corrected chi connectivity index (χ0v) is 13.7. The Morgan fingerprint density at radius 1 is 1.12 bits per heavy atom. The van der Waals surface area contributed by atoms with Crippen LogP contribution in [0.3, 0.4) is 0 Å². The molecule has 0 aliphatic heterocycles. The quantitative estimate of drug-likeness (QED) is 0.728. The lowest BCUT2D eigenvalue weighted by atomic mass is 10.1. The van der Waals surface area contributed by atoms with Crippen LogP contribution in [0.25, 0.3) is 0 Å². The number of carbonyl (C=O) groups excluding carboxylic acids is 1. The lowest BCUT2D eigenvalue weighted by Gasteiger charge is -2.08. The first-order chi connectivity index (χ1) is 11.8. The summed E-state index contributed by atoms with van der Waals surface area (Å²) in [6.45, 7) is 2.30. The highest BCUT2D eigenvalue weighted by molar-refractivity contribution is 5.77. The fourth-order valence-electron chi connectivity index (χ4n) is 2.35. The molecule has 0 saturated heterocycles. The van der Waals surface area contributed by atoms with Gasteiger partial charge in [0.2, 0.25) is 5.91 Å². The van der Waals surface area contributed by atoms with E-state index in [1.54, 1.807) is 6.26 Å². The number of rotatable bonds is 10. The van der Waals surface area contributed by atoms with Crippen LogP contribution in [-0.2, 0) is 34.0 Å². The van der Waals surface area contributed by atoms with Crippen molar-refractivity contribution in [3.8, 4) is 0 Å². The average Bonchev–Trinajstić information content (AvgIpc) is 3.27. The Balaban J connectivity index is 1.36. The minimum absolute atomic E-state index is 0.0740. The number of ether oxygens (including phenoxy) is 2. The molecule has 5 heteroatoms. The van der Waals surface area contributed by atoms with Crippen LogP contribution in [0.1, 0.15) is 29.7 Å². The van der Waals surface area contributed by atoms with E-state index in [0.29, 0.717) is 32.3 Å². The lowest BCUT2D eigenvalue weighted by Crippen LogP contribution is -2.27. The summed E-state index contributed by atoms with van der Waals surface area (Å²) >= 11 is 0. The van der Waals surface area contributed by atoms with Crippen molar-refractivity contribution >= 4 is 5.91 Å². The van der Waals surface area contributed by atoms with E-state index in [2.05, 4.69) is 5.32 Å². The third-order valence-corrected chi connectivity index (χ3v) is 3.86. The molecule has 2 aromatic rings. The predicted molar refractivity (Wildman–Crippen MR) is 89.0 cm³/mol. The molecule has 1 saturated carbocycles. The highest BCUT2D eigenvalue weighted by atomic mass is 16.5. The Morgan fingerprint density at radius 2 is 2.00 bits per heavy atom. The summed E-state index contributed by atoms with van der Waals surface area (Å²) in [7, 11) is 0. The smallest absolute Gasteiger partial charge is 0.246 e. The monoisotopic (exact) mass is 329 g/mol. The maximum Gasteiger partial charge on any atom is 0.246 e. The molecule has 1 heterocycles. The molecule has 0 spiro atoms. The van der Waals surface area contributed by atoms with Gasteiger partial charge >= 0.3 is 0 Å². The molecule has 128 valence electrons. The van der Waals surface area contributed by atoms with Gasteiger partial charge in [-0.2, -0.15) is 0 Å². The highest BCUT2D eigenvalue weighted by Gasteiger charge is 2.21. The first-order valence-electron chi connectivity index (χ1n) is 8.32. The summed E-state index contributed by atoms with van der Waals surface area (Å²) in [5.41, 5.74) is 2.11. The Labute approximate surface area is 141 Å². The van der Waals surface area contributed by atoms with E-state index in [4.69, 9.17) is 13.9 Å². The second-order valence-electron chi connectivity index (χ2n) is 6.13. The van der Waals surface area contributed by atoms with Gasteiger partial charge < -0.3 is 19.2 Å². The molecule has 5 nitrogen and oxygen atoms in total.